The molecular weight excluding hydrogens is 452 g/mol. The first kappa shape index (κ1) is 20.3. The number of halogens is 1. The van der Waals surface area contributed by atoms with Gasteiger partial charge in [0.2, 0.25) is 0 Å². The van der Waals surface area contributed by atoms with Gasteiger partial charge in [-0.05, 0) is 70.4 Å². The predicted octanol–water partition coefficient (Wildman–Crippen LogP) is 8.96. The van der Waals surface area contributed by atoms with E-state index >= 15 is 0 Å². The fraction of sp³-hybridized carbons (Fsp3) is 0.0645. The van der Waals surface area contributed by atoms with E-state index in [1.165, 1.54) is 0 Å². The van der Waals surface area contributed by atoms with Crippen LogP contribution in [0.5, 0.6) is 0 Å². The fourth-order valence-corrected chi connectivity index (χ4v) is 5.42. The second-order valence-electron chi connectivity index (χ2n) is 8.84. The highest BCUT2D eigenvalue weighted by molar-refractivity contribution is 6.31. The predicted molar refractivity (Wildman–Crippen MR) is 146 cm³/mol. The molecule has 4 heteroatoms. The Bertz CT molecular complexity index is 1910. The zero-order chi connectivity index (χ0) is 23.5. The highest BCUT2D eigenvalue weighted by atomic mass is 35.5. The zero-order valence-electron chi connectivity index (χ0n) is 19.1. The molecule has 0 atom stereocenters. The number of aromatic nitrogens is 2. The molecule has 2 heterocycles. The molecule has 0 unspecified atom stereocenters. The third kappa shape index (κ3) is 3.09. The average molecular weight is 473 g/mol. The average Bonchev–Trinajstić information content (AvgIpc) is 3.46. The molecule has 0 N–H and O–H groups in total. The van der Waals surface area contributed by atoms with Gasteiger partial charge in [0, 0.05) is 16.8 Å². The molecule has 168 valence electrons. The Morgan fingerprint density at radius 1 is 0.771 bits per heavy atom. The first-order valence-corrected chi connectivity index (χ1v) is 12.2. The largest absolute Gasteiger partial charge is 0.456 e. The van der Waals surface area contributed by atoms with Gasteiger partial charge in [0.25, 0.3) is 0 Å². The van der Waals surface area contributed by atoms with Crippen LogP contribution in [0, 0.1) is 0 Å². The van der Waals surface area contributed by atoms with Crippen LogP contribution in [0.3, 0.4) is 0 Å². The Morgan fingerprint density at radius 2 is 1.54 bits per heavy atom. The summed E-state index contributed by atoms with van der Waals surface area (Å²) in [6.07, 6.45) is 0.834. The lowest BCUT2D eigenvalue weighted by molar-refractivity contribution is 0.669. The zero-order valence-corrected chi connectivity index (χ0v) is 19.9. The molecule has 0 aliphatic rings. The van der Waals surface area contributed by atoms with Crippen LogP contribution < -0.4 is 0 Å². The van der Waals surface area contributed by atoms with Gasteiger partial charge in [0.1, 0.15) is 17.0 Å². The van der Waals surface area contributed by atoms with Gasteiger partial charge >= 0.3 is 0 Å². The molecule has 0 saturated carbocycles. The van der Waals surface area contributed by atoms with Crippen molar-refractivity contribution >= 4 is 55.3 Å². The number of benzene rings is 5. The Balaban J connectivity index is 1.57. The summed E-state index contributed by atoms with van der Waals surface area (Å²) in [6, 6.07) is 33.4. The van der Waals surface area contributed by atoms with E-state index in [1.807, 2.05) is 18.2 Å². The van der Waals surface area contributed by atoms with Crippen LogP contribution in [0.25, 0.3) is 60.6 Å². The van der Waals surface area contributed by atoms with Crippen molar-refractivity contribution in [2.24, 2.45) is 0 Å². The number of nitrogens with zero attached hydrogens (tertiary/aromatic N) is 2. The molecule has 0 amide bonds. The van der Waals surface area contributed by atoms with Crippen molar-refractivity contribution in [3.63, 3.8) is 0 Å². The number of fused-ring (bicyclic) bond motifs is 5. The van der Waals surface area contributed by atoms with Crippen LogP contribution >= 0.6 is 11.6 Å². The molecule has 35 heavy (non-hydrogen) atoms. The minimum Gasteiger partial charge on any atom is -0.456 e. The minimum atomic E-state index is 0.747. The lowest BCUT2D eigenvalue weighted by Crippen LogP contribution is -2.00. The van der Waals surface area contributed by atoms with E-state index in [2.05, 4.69) is 90.4 Å². The van der Waals surface area contributed by atoms with E-state index < -0.39 is 0 Å². The summed E-state index contributed by atoms with van der Waals surface area (Å²) < 4.78 is 8.67. The molecule has 7 rings (SSSR count). The molecule has 2 aromatic heterocycles. The van der Waals surface area contributed by atoms with Gasteiger partial charge in [0.05, 0.1) is 22.1 Å². The van der Waals surface area contributed by atoms with E-state index in [0.717, 1.165) is 77.8 Å². The van der Waals surface area contributed by atoms with E-state index in [-0.39, 0.29) is 0 Å². The van der Waals surface area contributed by atoms with Gasteiger partial charge in [-0.3, -0.25) is 4.57 Å². The standard InChI is InChI=1S/C31H21ClN2O/c1-2-29-33-24-8-3-4-9-25(24)34(29)26-10-6-12-28-31(26)30-23(7-5-11-27(30)35-28)21-14-13-20-18-22(32)16-15-19(20)17-21/h3-18H,2H2,1H3. The molecule has 0 radical (unpaired) electrons. The minimum absolute atomic E-state index is 0.747. The van der Waals surface area contributed by atoms with Crippen molar-refractivity contribution in [2.75, 3.05) is 0 Å². The summed E-state index contributed by atoms with van der Waals surface area (Å²) in [5, 5.41) is 5.25. The van der Waals surface area contributed by atoms with Crippen molar-refractivity contribution in [3.8, 4) is 16.8 Å². The van der Waals surface area contributed by atoms with Crippen LogP contribution in [0.1, 0.15) is 12.7 Å². The Labute approximate surface area is 207 Å². The molecule has 0 spiro atoms. The van der Waals surface area contributed by atoms with Gasteiger partial charge in [-0.1, -0.05) is 67.1 Å². The normalized spacial score (nSPS) is 11.8. The van der Waals surface area contributed by atoms with Crippen LogP contribution in [0.15, 0.2) is 101 Å². The van der Waals surface area contributed by atoms with Gasteiger partial charge in [-0.2, -0.15) is 0 Å². The van der Waals surface area contributed by atoms with Gasteiger partial charge < -0.3 is 4.42 Å². The third-order valence-corrected chi connectivity index (χ3v) is 7.04. The highest BCUT2D eigenvalue weighted by Gasteiger charge is 2.19. The maximum atomic E-state index is 6.39. The molecule has 0 fully saturated rings. The van der Waals surface area contributed by atoms with E-state index in [9.17, 15) is 0 Å². The number of hydrogen-bond donors (Lipinski definition) is 0. The molecule has 0 bridgehead atoms. The molecule has 7 aromatic rings. The lowest BCUT2D eigenvalue weighted by atomic mass is 9.96. The quantitative estimate of drug-likeness (QED) is 0.257. The van der Waals surface area contributed by atoms with Crippen molar-refractivity contribution in [3.05, 3.63) is 108 Å². The SMILES string of the molecule is CCc1nc2ccccc2n1-c1cccc2oc3cccc(-c4ccc5cc(Cl)ccc5c4)c3c12. The third-order valence-electron chi connectivity index (χ3n) is 6.80. The molecule has 5 aromatic carbocycles. The van der Waals surface area contributed by atoms with Crippen molar-refractivity contribution in [1.29, 1.82) is 0 Å². The molecule has 0 aliphatic carbocycles. The van der Waals surface area contributed by atoms with Crippen LogP contribution in [0.2, 0.25) is 5.02 Å². The lowest BCUT2D eigenvalue weighted by Gasteiger charge is -2.11. The Hall–Kier alpha value is -4.08. The van der Waals surface area contributed by atoms with E-state index in [1.54, 1.807) is 0 Å². The summed E-state index contributed by atoms with van der Waals surface area (Å²) in [5.74, 6) is 1.04. The highest BCUT2D eigenvalue weighted by Crippen LogP contribution is 2.41. The Morgan fingerprint density at radius 3 is 2.43 bits per heavy atom. The number of imidazole rings is 1. The van der Waals surface area contributed by atoms with E-state index in [4.69, 9.17) is 21.0 Å². The van der Waals surface area contributed by atoms with Gasteiger partial charge in [0.15, 0.2) is 0 Å². The summed E-state index contributed by atoms with van der Waals surface area (Å²) in [7, 11) is 0. The smallest absolute Gasteiger partial charge is 0.137 e. The van der Waals surface area contributed by atoms with E-state index in [0.29, 0.717) is 0 Å². The molecule has 3 nitrogen and oxygen atoms in total. The van der Waals surface area contributed by atoms with Crippen molar-refractivity contribution in [1.82, 2.24) is 9.55 Å². The second kappa shape index (κ2) is 7.72. The summed E-state index contributed by atoms with van der Waals surface area (Å²) >= 11 is 6.22. The van der Waals surface area contributed by atoms with Gasteiger partial charge in [-0.15, -0.1) is 0 Å². The molecular formula is C31H21ClN2O. The summed E-state index contributed by atoms with van der Waals surface area (Å²) in [6.45, 7) is 2.15. The maximum Gasteiger partial charge on any atom is 0.137 e. The monoisotopic (exact) mass is 472 g/mol. The second-order valence-corrected chi connectivity index (χ2v) is 9.28. The topological polar surface area (TPSA) is 31.0 Å². The first-order chi connectivity index (χ1) is 17.2. The van der Waals surface area contributed by atoms with Crippen LogP contribution in [0.4, 0.5) is 0 Å². The van der Waals surface area contributed by atoms with Gasteiger partial charge in [-0.25, -0.2) is 4.98 Å². The summed E-state index contributed by atoms with van der Waals surface area (Å²) in [4.78, 5) is 4.92. The first-order valence-electron chi connectivity index (χ1n) is 11.8. The molecule has 0 saturated heterocycles. The number of rotatable bonds is 3. The number of aryl methyl sites for hydroxylation is 1. The number of hydrogen-bond acceptors (Lipinski definition) is 2. The fourth-order valence-electron chi connectivity index (χ4n) is 5.24. The Kier molecular flexibility index (Phi) is 4.48. The van der Waals surface area contributed by atoms with Crippen LogP contribution in [-0.4, -0.2) is 9.55 Å². The molecule has 0 aliphatic heterocycles. The van der Waals surface area contributed by atoms with Crippen molar-refractivity contribution in [2.45, 2.75) is 13.3 Å². The van der Waals surface area contributed by atoms with Crippen molar-refractivity contribution < 1.29 is 4.42 Å². The number of para-hydroxylation sites is 2. The van der Waals surface area contributed by atoms with Crippen LogP contribution in [-0.2, 0) is 6.42 Å². The number of furan rings is 1. The summed E-state index contributed by atoms with van der Waals surface area (Å²) in [5.41, 5.74) is 7.24. The maximum absolute atomic E-state index is 6.39.